The van der Waals surface area contributed by atoms with Crippen molar-refractivity contribution in [1.82, 2.24) is 14.8 Å². The van der Waals surface area contributed by atoms with Crippen LogP contribution in [0.4, 0.5) is 5.82 Å². The molecule has 0 bridgehead atoms. The van der Waals surface area contributed by atoms with Crippen molar-refractivity contribution in [3.8, 4) is 0 Å². The van der Waals surface area contributed by atoms with Gasteiger partial charge in [-0.2, -0.15) is 0 Å². The van der Waals surface area contributed by atoms with Gasteiger partial charge in [0.2, 0.25) is 11.8 Å². The van der Waals surface area contributed by atoms with Gasteiger partial charge in [-0.15, -0.1) is 0 Å². The summed E-state index contributed by atoms with van der Waals surface area (Å²) < 4.78 is 5.29. The molecule has 2 aromatic rings. The molecular formula is C25H28N4O3. The van der Waals surface area contributed by atoms with E-state index >= 15 is 0 Å². The maximum atomic E-state index is 12.5. The summed E-state index contributed by atoms with van der Waals surface area (Å²) in [7, 11) is 0. The summed E-state index contributed by atoms with van der Waals surface area (Å²) >= 11 is 0. The Bertz CT molecular complexity index is 980. The van der Waals surface area contributed by atoms with E-state index in [0.29, 0.717) is 38.7 Å². The molecule has 0 radical (unpaired) electrons. The highest BCUT2D eigenvalue weighted by atomic mass is 16.5. The molecule has 2 amide bonds. The molecular weight excluding hydrogens is 404 g/mol. The van der Waals surface area contributed by atoms with Gasteiger partial charge in [0.1, 0.15) is 5.82 Å². The average Bonchev–Trinajstić information content (AvgIpc) is 2.84. The van der Waals surface area contributed by atoms with E-state index in [-0.39, 0.29) is 11.8 Å². The number of carbonyl (C=O) groups excluding carboxylic acids is 2. The van der Waals surface area contributed by atoms with Gasteiger partial charge in [0.15, 0.2) is 0 Å². The van der Waals surface area contributed by atoms with Gasteiger partial charge in [-0.1, -0.05) is 36.4 Å². The summed E-state index contributed by atoms with van der Waals surface area (Å²) in [5, 5.41) is 2.81. The Kier molecular flexibility index (Phi) is 7.42. The van der Waals surface area contributed by atoms with E-state index in [1.165, 1.54) is 11.1 Å². The van der Waals surface area contributed by atoms with Gasteiger partial charge in [0.05, 0.1) is 19.8 Å². The first-order valence-electron chi connectivity index (χ1n) is 10.9. The predicted octanol–water partition coefficient (Wildman–Crippen LogP) is 2.68. The van der Waals surface area contributed by atoms with Crippen LogP contribution < -0.4 is 5.32 Å². The second-order valence-electron chi connectivity index (χ2n) is 7.88. The Balaban J connectivity index is 1.26. The predicted molar refractivity (Wildman–Crippen MR) is 125 cm³/mol. The molecule has 3 heterocycles. The number of nitrogens with zero attached hydrogens (tertiary/aromatic N) is 3. The van der Waals surface area contributed by atoms with Crippen LogP contribution >= 0.6 is 0 Å². The molecule has 32 heavy (non-hydrogen) atoms. The van der Waals surface area contributed by atoms with Crippen molar-refractivity contribution in [3.05, 3.63) is 71.9 Å². The van der Waals surface area contributed by atoms with Gasteiger partial charge in [0, 0.05) is 38.5 Å². The highest BCUT2D eigenvalue weighted by Crippen LogP contribution is 2.22. The van der Waals surface area contributed by atoms with Gasteiger partial charge in [-0.3, -0.25) is 14.5 Å². The third kappa shape index (κ3) is 6.12. The number of nitrogens with one attached hydrogen (secondary N) is 1. The minimum absolute atomic E-state index is 0.0174. The number of amides is 2. The largest absolute Gasteiger partial charge is 0.379 e. The molecule has 1 N–H and O–H groups in total. The van der Waals surface area contributed by atoms with Crippen LogP contribution in [0.15, 0.2) is 60.8 Å². The Labute approximate surface area is 188 Å². The summed E-state index contributed by atoms with van der Waals surface area (Å²) in [6, 6.07) is 13.9. The van der Waals surface area contributed by atoms with E-state index in [4.69, 9.17) is 4.74 Å². The number of hydrogen-bond acceptors (Lipinski definition) is 5. The van der Waals surface area contributed by atoms with E-state index in [1.807, 2.05) is 29.2 Å². The number of carbonyl (C=O) groups is 2. The van der Waals surface area contributed by atoms with Crippen molar-refractivity contribution in [2.45, 2.75) is 6.42 Å². The van der Waals surface area contributed by atoms with E-state index in [1.54, 1.807) is 24.4 Å². The number of anilines is 1. The van der Waals surface area contributed by atoms with Crippen molar-refractivity contribution in [2.75, 3.05) is 51.3 Å². The zero-order valence-electron chi connectivity index (χ0n) is 18.1. The number of pyridine rings is 1. The molecule has 7 nitrogen and oxygen atoms in total. The Morgan fingerprint density at radius 2 is 1.88 bits per heavy atom. The van der Waals surface area contributed by atoms with Crippen LogP contribution in [-0.2, 0) is 14.3 Å². The lowest BCUT2D eigenvalue weighted by atomic mass is 9.99. The summed E-state index contributed by atoms with van der Waals surface area (Å²) in [6.07, 6.45) is 7.96. The maximum Gasteiger partial charge on any atom is 0.246 e. The molecule has 0 saturated carbocycles. The molecule has 2 aliphatic heterocycles. The lowest BCUT2D eigenvalue weighted by molar-refractivity contribution is -0.125. The standard InChI is InChI=1S/C25H28N4O3/c30-24(19-28-14-16-32-17-15-28)27-23-8-6-20(18-26-23)7-9-25(31)29-12-10-22(11-13-29)21-4-2-1-3-5-21/h1-10,18H,11-17,19H2,(H,26,27,30). The molecule has 0 aliphatic carbocycles. The number of morpholine rings is 1. The first-order valence-corrected chi connectivity index (χ1v) is 10.9. The van der Waals surface area contributed by atoms with Crippen LogP contribution in [-0.4, -0.2) is 72.5 Å². The van der Waals surface area contributed by atoms with Gasteiger partial charge in [-0.25, -0.2) is 4.98 Å². The number of rotatable bonds is 6. The van der Waals surface area contributed by atoms with Gasteiger partial charge >= 0.3 is 0 Å². The SMILES string of the molecule is O=C(CN1CCOCC1)Nc1ccc(C=CC(=O)N2CC=C(c3ccccc3)CC2)cn1. The van der Waals surface area contributed by atoms with Gasteiger partial charge < -0.3 is 15.0 Å². The summed E-state index contributed by atoms with van der Waals surface area (Å²) in [5.74, 6) is 0.392. The molecule has 0 unspecified atom stereocenters. The lowest BCUT2D eigenvalue weighted by Gasteiger charge is -2.25. The normalized spacial score (nSPS) is 17.2. The molecule has 1 fully saturated rings. The Hall–Kier alpha value is -3.29. The first kappa shape index (κ1) is 21.9. The molecule has 1 aromatic heterocycles. The maximum absolute atomic E-state index is 12.5. The molecule has 0 atom stereocenters. The second-order valence-corrected chi connectivity index (χ2v) is 7.88. The number of hydrogen-bond donors (Lipinski definition) is 1. The van der Waals surface area contributed by atoms with Crippen molar-refractivity contribution in [2.24, 2.45) is 0 Å². The summed E-state index contributed by atoms with van der Waals surface area (Å²) in [6.45, 7) is 4.49. The number of benzene rings is 1. The average molecular weight is 433 g/mol. The molecule has 1 saturated heterocycles. The van der Waals surface area contributed by atoms with Crippen molar-refractivity contribution >= 4 is 29.3 Å². The fraction of sp³-hybridized carbons (Fsp3) is 0.320. The fourth-order valence-electron chi connectivity index (χ4n) is 3.78. The van der Waals surface area contributed by atoms with Crippen LogP contribution in [0.2, 0.25) is 0 Å². The Morgan fingerprint density at radius 1 is 1.06 bits per heavy atom. The molecule has 1 aromatic carbocycles. The molecule has 7 heteroatoms. The van der Waals surface area contributed by atoms with Crippen molar-refractivity contribution in [3.63, 3.8) is 0 Å². The van der Waals surface area contributed by atoms with E-state index in [9.17, 15) is 9.59 Å². The molecule has 2 aliphatic rings. The van der Waals surface area contributed by atoms with Crippen LogP contribution in [0.1, 0.15) is 17.5 Å². The molecule has 4 rings (SSSR count). The van der Waals surface area contributed by atoms with Crippen molar-refractivity contribution in [1.29, 1.82) is 0 Å². The third-order valence-electron chi connectivity index (χ3n) is 5.61. The Morgan fingerprint density at radius 3 is 2.56 bits per heavy atom. The molecule has 0 spiro atoms. The van der Waals surface area contributed by atoms with Crippen LogP contribution in [0.5, 0.6) is 0 Å². The van der Waals surface area contributed by atoms with Gasteiger partial charge in [0.25, 0.3) is 0 Å². The van der Waals surface area contributed by atoms with E-state index in [2.05, 4.69) is 33.4 Å². The smallest absolute Gasteiger partial charge is 0.246 e. The lowest BCUT2D eigenvalue weighted by Crippen LogP contribution is -2.41. The zero-order valence-corrected chi connectivity index (χ0v) is 18.1. The van der Waals surface area contributed by atoms with Crippen molar-refractivity contribution < 1.29 is 14.3 Å². The summed E-state index contributed by atoms with van der Waals surface area (Å²) in [5.41, 5.74) is 3.31. The van der Waals surface area contributed by atoms with Gasteiger partial charge in [-0.05, 0) is 41.3 Å². The highest BCUT2D eigenvalue weighted by Gasteiger charge is 2.16. The minimum Gasteiger partial charge on any atom is -0.379 e. The quantitative estimate of drug-likeness (QED) is 0.711. The second kappa shape index (κ2) is 10.8. The van der Waals surface area contributed by atoms with E-state index < -0.39 is 0 Å². The first-order chi connectivity index (χ1) is 15.7. The minimum atomic E-state index is -0.0918. The third-order valence-corrected chi connectivity index (χ3v) is 5.61. The number of ether oxygens (including phenoxy) is 1. The zero-order chi connectivity index (χ0) is 22.2. The topological polar surface area (TPSA) is 74.8 Å². The van der Waals surface area contributed by atoms with Crippen LogP contribution in [0.25, 0.3) is 11.6 Å². The molecule has 166 valence electrons. The van der Waals surface area contributed by atoms with Crippen LogP contribution in [0.3, 0.4) is 0 Å². The monoisotopic (exact) mass is 432 g/mol. The van der Waals surface area contributed by atoms with Crippen LogP contribution in [0, 0.1) is 0 Å². The number of aromatic nitrogens is 1. The van der Waals surface area contributed by atoms with E-state index in [0.717, 1.165) is 25.1 Å². The summed E-state index contributed by atoms with van der Waals surface area (Å²) in [4.78, 5) is 32.9. The fourth-order valence-corrected chi connectivity index (χ4v) is 3.78. The highest BCUT2D eigenvalue weighted by molar-refractivity contribution is 5.93.